The first-order valence-electron chi connectivity index (χ1n) is 13.6. The number of amides is 1. The summed E-state index contributed by atoms with van der Waals surface area (Å²) in [5, 5.41) is 10.9. The third kappa shape index (κ3) is 7.11. The van der Waals surface area contributed by atoms with E-state index in [4.69, 9.17) is 0 Å². The second-order valence-corrected chi connectivity index (χ2v) is 11.3. The van der Waals surface area contributed by atoms with Crippen LogP contribution in [0.5, 0.6) is 0 Å². The highest BCUT2D eigenvalue weighted by Crippen LogP contribution is 2.36. The lowest BCUT2D eigenvalue weighted by Crippen LogP contribution is -2.29. The van der Waals surface area contributed by atoms with E-state index in [9.17, 15) is 9.59 Å². The van der Waals surface area contributed by atoms with Gasteiger partial charge in [0.15, 0.2) is 5.65 Å². The minimum absolute atomic E-state index is 0.111. The third-order valence-corrected chi connectivity index (χ3v) is 7.27. The van der Waals surface area contributed by atoms with Gasteiger partial charge in [-0.05, 0) is 79.7 Å². The number of hydrogen-bond donors (Lipinski definition) is 2. The van der Waals surface area contributed by atoms with Crippen LogP contribution in [0.15, 0.2) is 67.4 Å². The normalized spacial score (nSPS) is 15.0. The van der Waals surface area contributed by atoms with Crippen molar-refractivity contribution in [2.75, 3.05) is 0 Å². The molecule has 7 nitrogen and oxygen atoms in total. The maximum absolute atomic E-state index is 13.2. The average molecular weight is 526 g/mol. The molecule has 1 aliphatic carbocycles. The Morgan fingerprint density at radius 3 is 2.77 bits per heavy atom. The third-order valence-electron chi connectivity index (χ3n) is 7.27. The Bertz CT molecular complexity index is 1420. The lowest BCUT2D eigenvalue weighted by Gasteiger charge is -2.21. The number of carbonyl (C=O) groups excluding carboxylic acids is 2. The maximum Gasteiger partial charge on any atom is 0.270 e. The monoisotopic (exact) mass is 525 g/mol. The van der Waals surface area contributed by atoms with Crippen molar-refractivity contribution in [2.24, 2.45) is 5.41 Å². The van der Waals surface area contributed by atoms with Crippen LogP contribution >= 0.6 is 0 Å². The van der Waals surface area contributed by atoms with Crippen molar-refractivity contribution in [2.45, 2.75) is 71.9 Å². The Morgan fingerprint density at radius 2 is 2.00 bits per heavy atom. The van der Waals surface area contributed by atoms with Gasteiger partial charge in [-0.25, -0.2) is 9.50 Å². The second kappa shape index (κ2) is 12.2. The molecule has 0 saturated carbocycles. The zero-order chi connectivity index (χ0) is 28.0. The summed E-state index contributed by atoms with van der Waals surface area (Å²) in [6.45, 7) is 15.1. The predicted octanol–water partition coefficient (Wildman–Crippen LogP) is 5.60. The van der Waals surface area contributed by atoms with Gasteiger partial charge in [0, 0.05) is 18.7 Å². The number of allylic oxidation sites excluding steroid dienone is 2. The molecule has 2 heterocycles. The first kappa shape index (κ1) is 28.0. The molecule has 7 heteroatoms. The molecule has 3 aromatic rings. The summed E-state index contributed by atoms with van der Waals surface area (Å²) >= 11 is 0. The molecule has 1 unspecified atom stereocenters. The summed E-state index contributed by atoms with van der Waals surface area (Å²) in [5.41, 5.74) is 7.46. The van der Waals surface area contributed by atoms with Crippen molar-refractivity contribution in [1.82, 2.24) is 25.2 Å². The molecular weight excluding hydrogens is 486 g/mol. The predicted molar refractivity (Wildman–Crippen MR) is 156 cm³/mol. The van der Waals surface area contributed by atoms with Gasteiger partial charge in [-0.2, -0.15) is 5.10 Å². The molecular formula is C32H39N5O2. The Morgan fingerprint density at radius 1 is 1.21 bits per heavy atom. The molecule has 4 rings (SSSR count). The number of fused-ring (bicyclic) bond motifs is 2. The Kier molecular flexibility index (Phi) is 8.79. The summed E-state index contributed by atoms with van der Waals surface area (Å²) in [6, 6.07) is 10.1. The van der Waals surface area contributed by atoms with Crippen molar-refractivity contribution in [3.05, 3.63) is 95.5 Å². The van der Waals surface area contributed by atoms with Gasteiger partial charge in [0.25, 0.3) is 5.91 Å². The van der Waals surface area contributed by atoms with E-state index in [-0.39, 0.29) is 11.9 Å². The SMILES string of the molecule is C=CCC(CCC/C(C)=C/C=O)NC(=C)c1cc(C(=O)NCc2ccc3c(c2)CC(C)(C)C3)nc2ccnn12. The van der Waals surface area contributed by atoms with Crippen LogP contribution in [0.2, 0.25) is 0 Å². The van der Waals surface area contributed by atoms with Crippen molar-refractivity contribution >= 4 is 23.5 Å². The lowest BCUT2D eigenvalue weighted by atomic mass is 9.90. The number of nitrogens with zero attached hydrogens (tertiary/aromatic N) is 3. The molecule has 0 saturated heterocycles. The van der Waals surface area contributed by atoms with Crippen LogP contribution in [-0.2, 0) is 24.2 Å². The summed E-state index contributed by atoms with van der Waals surface area (Å²) in [4.78, 5) is 28.4. The summed E-state index contributed by atoms with van der Waals surface area (Å²) in [7, 11) is 0. The fourth-order valence-electron chi connectivity index (χ4n) is 5.33. The number of rotatable bonds is 13. The molecule has 1 amide bonds. The fourth-order valence-corrected chi connectivity index (χ4v) is 5.33. The molecule has 0 radical (unpaired) electrons. The smallest absolute Gasteiger partial charge is 0.270 e. The Hall–Kier alpha value is -4.00. The molecule has 1 aromatic carbocycles. The molecule has 1 atom stereocenters. The molecule has 204 valence electrons. The van der Waals surface area contributed by atoms with E-state index >= 15 is 0 Å². The highest BCUT2D eigenvalue weighted by Gasteiger charge is 2.28. The van der Waals surface area contributed by atoms with E-state index in [0.717, 1.165) is 55.9 Å². The lowest BCUT2D eigenvalue weighted by molar-refractivity contribution is -0.104. The maximum atomic E-state index is 13.2. The van der Waals surface area contributed by atoms with Gasteiger partial charge in [0.05, 0.1) is 17.6 Å². The van der Waals surface area contributed by atoms with Gasteiger partial charge >= 0.3 is 0 Å². The highest BCUT2D eigenvalue weighted by atomic mass is 16.1. The van der Waals surface area contributed by atoms with Crippen molar-refractivity contribution in [3.8, 4) is 0 Å². The standard InChI is InChI=1S/C32H39N5O2/c1-6-8-27(10-7-9-22(2)14-16-38)35-23(3)29-18-28(36-30-13-15-34-37(29)30)31(39)33-21-24-11-12-25-19-32(4,5)20-26(25)17-24/h6,11-18,27,35H,1,3,7-10,19-21H2,2,4-5H3,(H,33,39)/b22-14+. The largest absolute Gasteiger partial charge is 0.381 e. The van der Waals surface area contributed by atoms with Crippen molar-refractivity contribution in [3.63, 3.8) is 0 Å². The van der Waals surface area contributed by atoms with E-state index in [1.807, 2.05) is 13.0 Å². The molecule has 0 aliphatic heterocycles. The number of nitrogens with one attached hydrogen (secondary N) is 2. The summed E-state index contributed by atoms with van der Waals surface area (Å²) in [5.74, 6) is -0.242. The van der Waals surface area contributed by atoms with E-state index < -0.39 is 0 Å². The molecule has 39 heavy (non-hydrogen) atoms. The number of hydrogen-bond acceptors (Lipinski definition) is 5. The summed E-state index contributed by atoms with van der Waals surface area (Å²) < 4.78 is 1.69. The molecule has 1 aliphatic rings. The molecule has 2 aromatic heterocycles. The second-order valence-electron chi connectivity index (χ2n) is 11.3. The minimum Gasteiger partial charge on any atom is -0.381 e. The van der Waals surface area contributed by atoms with Crippen LogP contribution in [0.25, 0.3) is 11.3 Å². The van der Waals surface area contributed by atoms with Crippen LogP contribution in [0.1, 0.15) is 79.3 Å². The molecule has 0 bridgehead atoms. The van der Waals surface area contributed by atoms with Gasteiger partial charge in [-0.1, -0.05) is 50.3 Å². The van der Waals surface area contributed by atoms with Crippen LogP contribution in [0.3, 0.4) is 0 Å². The first-order valence-corrected chi connectivity index (χ1v) is 13.6. The van der Waals surface area contributed by atoms with E-state index in [1.165, 1.54) is 11.1 Å². The van der Waals surface area contributed by atoms with Gasteiger partial charge in [0.2, 0.25) is 0 Å². The number of aldehydes is 1. The topological polar surface area (TPSA) is 88.4 Å². The van der Waals surface area contributed by atoms with Crippen molar-refractivity contribution in [1.29, 1.82) is 0 Å². The minimum atomic E-state index is -0.242. The fraction of sp³-hybridized carbons (Fsp3) is 0.375. The van der Waals surface area contributed by atoms with Crippen molar-refractivity contribution < 1.29 is 9.59 Å². The van der Waals surface area contributed by atoms with E-state index in [1.54, 1.807) is 28.9 Å². The van der Waals surface area contributed by atoms with Crippen LogP contribution in [0.4, 0.5) is 0 Å². The van der Waals surface area contributed by atoms with Crippen LogP contribution in [0, 0.1) is 5.41 Å². The number of benzene rings is 1. The van der Waals surface area contributed by atoms with Crippen LogP contribution in [-0.4, -0.2) is 32.8 Å². The van der Waals surface area contributed by atoms with Gasteiger partial charge in [-0.15, -0.1) is 6.58 Å². The Labute approximate surface area is 231 Å². The quantitative estimate of drug-likeness (QED) is 0.172. The number of aromatic nitrogens is 3. The summed E-state index contributed by atoms with van der Waals surface area (Å²) in [6.07, 6.45) is 11.6. The zero-order valence-electron chi connectivity index (χ0n) is 23.3. The van der Waals surface area contributed by atoms with E-state index in [0.29, 0.717) is 34.7 Å². The molecule has 2 N–H and O–H groups in total. The molecule has 0 fully saturated rings. The van der Waals surface area contributed by atoms with Gasteiger partial charge < -0.3 is 10.6 Å². The highest BCUT2D eigenvalue weighted by molar-refractivity contribution is 5.93. The van der Waals surface area contributed by atoms with Gasteiger partial charge in [0.1, 0.15) is 12.0 Å². The van der Waals surface area contributed by atoms with E-state index in [2.05, 4.69) is 65.9 Å². The zero-order valence-corrected chi connectivity index (χ0v) is 23.3. The average Bonchev–Trinajstić information content (AvgIpc) is 3.48. The number of carbonyl (C=O) groups is 2. The van der Waals surface area contributed by atoms with Gasteiger partial charge in [-0.3, -0.25) is 9.59 Å². The molecule has 0 spiro atoms. The Balaban J connectivity index is 1.45. The first-order chi connectivity index (χ1) is 18.7. The van der Waals surface area contributed by atoms with Crippen LogP contribution < -0.4 is 10.6 Å².